The standard InChI is InChI=1S/C10H11F2NO3/c1-5-8(16-2)3-6(10(11)12)7(13-5)4-9(14)15/h3,10H,4H2,1-2H3,(H,14,15). The van der Waals surface area contributed by atoms with Crippen LogP contribution in [-0.2, 0) is 11.2 Å². The highest BCUT2D eigenvalue weighted by molar-refractivity contribution is 5.70. The molecule has 0 aromatic carbocycles. The van der Waals surface area contributed by atoms with Crippen molar-refractivity contribution in [2.45, 2.75) is 19.8 Å². The van der Waals surface area contributed by atoms with E-state index < -0.39 is 24.4 Å². The number of carbonyl (C=O) groups is 1. The Morgan fingerprint density at radius 2 is 2.25 bits per heavy atom. The van der Waals surface area contributed by atoms with E-state index in [0.29, 0.717) is 5.69 Å². The molecule has 0 radical (unpaired) electrons. The van der Waals surface area contributed by atoms with Crippen LogP contribution in [0.2, 0.25) is 0 Å². The fourth-order valence-electron chi connectivity index (χ4n) is 1.33. The van der Waals surface area contributed by atoms with E-state index in [-0.39, 0.29) is 11.4 Å². The second kappa shape index (κ2) is 4.87. The molecule has 0 aliphatic heterocycles. The molecule has 1 heterocycles. The Bertz CT molecular complexity index is 407. The van der Waals surface area contributed by atoms with Crippen LogP contribution in [0.25, 0.3) is 0 Å². The van der Waals surface area contributed by atoms with Crippen molar-refractivity contribution in [3.63, 3.8) is 0 Å². The number of methoxy groups -OCH3 is 1. The number of aliphatic carboxylic acids is 1. The topological polar surface area (TPSA) is 59.4 Å². The number of aryl methyl sites for hydroxylation is 1. The van der Waals surface area contributed by atoms with Crippen molar-refractivity contribution in [2.75, 3.05) is 7.11 Å². The minimum absolute atomic E-state index is 0.124. The van der Waals surface area contributed by atoms with Crippen LogP contribution in [0.1, 0.15) is 23.4 Å². The zero-order valence-electron chi connectivity index (χ0n) is 8.83. The number of hydrogen-bond donors (Lipinski definition) is 1. The quantitative estimate of drug-likeness (QED) is 0.860. The maximum absolute atomic E-state index is 12.6. The SMILES string of the molecule is COc1cc(C(F)F)c(CC(=O)O)nc1C. The van der Waals surface area contributed by atoms with Crippen molar-refractivity contribution in [3.8, 4) is 5.75 Å². The highest BCUT2D eigenvalue weighted by Gasteiger charge is 2.19. The highest BCUT2D eigenvalue weighted by Crippen LogP contribution is 2.28. The zero-order chi connectivity index (χ0) is 12.3. The summed E-state index contributed by atoms with van der Waals surface area (Å²) in [5, 5.41) is 8.57. The van der Waals surface area contributed by atoms with Crippen LogP contribution >= 0.6 is 0 Å². The molecule has 6 heteroatoms. The second-order valence-corrected chi connectivity index (χ2v) is 3.18. The third kappa shape index (κ3) is 2.65. The van der Waals surface area contributed by atoms with Crippen LogP contribution in [0.15, 0.2) is 6.07 Å². The minimum Gasteiger partial charge on any atom is -0.495 e. The van der Waals surface area contributed by atoms with Crippen LogP contribution in [0, 0.1) is 6.92 Å². The normalized spacial score (nSPS) is 10.6. The number of ether oxygens (including phenoxy) is 1. The number of nitrogens with zero attached hydrogens (tertiary/aromatic N) is 1. The van der Waals surface area contributed by atoms with E-state index in [1.165, 1.54) is 7.11 Å². The Morgan fingerprint density at radius 3 is 2.69 bits per heavy atom. The van der Waals surface area contributed by atoms with Crippen molar-refractivity contribution >= 4 is 5.97 Å². The molecule has 0 unspecified atom stereocenters. The van der Waals surface area contributed by atoms with Gasteiger partial charge in [-0.1, -0.05) is 0 Å². The van der Waals surface area contributed by atoms with Crippen molar-refractivity contribution in [2.24, 2.45) is 0 Å². The third-order valence-electron chi connectivity index (χ3n) is 2.05. The van der Waals surface area contributed by atoms with Crippen LogP contribution in [0.4, 0.5) is 8.78 Å². The molecule has 1 aromatic heterocycles. The van der Waals surface area contributed by atoms with E-state index >= 15 is 0 Å². The van der Waals surface area contributed by atoms with Crippen molar-refractivity contribution < 1.29 is 23.4 Å². The summed E-state index contributed by atoms with van der Waals surface area (Å²) in [6, 6.07) is 1.13. The Morgan fingerprint density at radius 1 is 1.62 bits per heavy atom. The summed E-state index contributed by atoms with van der Waals surface area (Å²) < 4.78 is 30.1. The van der Waals surface area contributed by atoms with Crippen molar-refractivity contribution in [1.82, 2.24) is 4.98 Å². The lowest BCUT2D eigenvalue weighted by Crippen LogP contribution is -2.08. The Labute approximate surface area is 90.9 Å². The minimum atomic E-state index is -2.77. The molecule has 1 rings (SSSR count). The molecule has 1 aromatic rings. The Hall–Kier alpha value is -1.72. The van der Waals surface area contributed by atoms with Gasteiger partial charge in [-0.3, -0.25) is 9.78 Å². The number of halogens is 2. The van der Waals surface area contributed by atoms with Crippen LogP contribution in [-0.4, -0.2) is 23.2 Å². The number of carboxylic acid groups (broad SMARTS) is 1. The summed E-state index contributed by atoms with van der Waals surface area (Å²) in [6.45, 7) is 1.57. The van der Waals surface area contributed by atoms with Gasteiger partial charge >= 0.3 is 5.97 Å². The van der Waals surface area contributed by atoms with E-state index in [0.717, 1.165) is 6.07 Å². The fourth-order valence-corrected chi connectivity index (χ4v) is 1.33. The molecule has 1 N–H and O–H groups in total. The summed E-state index contributed by atoms with van der Waals surface area (Å²) in [7, 11) is 1.34. The molecule has 0 saturated carbocycles. The number of rotatable bonds is 4. The van der Waals surface area contributed by atoms with E-state index in [2.05, 4.69) is 4.98 Å². The van der Waals surface area contributed by atoms with Crippen LogP contribution in [0.5, 0.6) is 5.75 Å². The van der Waals surface area contributed by atoms with E-state index in [4.69, 9.17) is 9.84 Å². The molecule has 0 amide bonds. The number of carboxylic acids is 1. The van der Waals surface area contributed by atoms with Crippen molar-refractivity contribution in [3.05, 3.63) is 23.0 Å². The molecule has 0 atom stereocenters. The second-order valence-electron chi connectivity index (χ2n) is 3.18. The highest BCUT2D eigenvalue weighted by atomic mass is 19.3. The molecule has 0 fully saturated rings. The first-order valence-electron chi connectivity index (χ1n) is 4.50. The van der Waals surface area contributed by atoms with Gasteiger partial charge in [0.15, 0.2) is 0 Å². The zero-order valence-corrected chi connectivity index (χ0v) is 8.83. The maximum atomic E-state index is 12.6. The molecule has 4 nitrogen and oxygen atoms in total. The van der Waals surface area contributed by atoms with Gasteiger partial charge in [-0.15, -0.1) is 0 Å². The van der Waals surface area contributed by atoms with Crippen molar-refractivity contribution in [1.29, 1.82) is 0 Å². The Balaban J connectivity index is 3.24. The van der Waals surface area contributed by atoms with Gasteiger partial charge in [-0.2, -0.15) is 0 Å². The molecule has 0 saturated heterocycles. The van der Waals surface area contributed by atoms with Gasteiger partial charge in [0.2, 0.25) is 0 Å². The summed E-state index contributed by atoms with van der Waals surface area (Å²) in [4.78, 5) is 14.3. The fraction of sp³-hybridized carbons (Fsp3) is 0.400. The van der Waals surface area contributed by atoms with Gasteiger partial charge in [0, 0.05) is 5.56 Å². The number of alkyl halides is 2. The number of hydrogen-bond acceptors (Lipinski definition) is 3. The van der Waals surface area contributed by atoms with E-state index in [1.54, 1.807) is 6.92 Å². The molecular weight excluding hydrogens is 220 g/mol. The lowest BCUT2D eigenvalue weighted by Gasteiger charge is -2.11. The third-order valence-corrected chi connectivity index (χ3v) is 2.05. The molecule has 0 spiro atoms. The number of aromatic nitrogens is 1. The largest absolute Gasteiger partial charge is 0.495 e. The predicted octanol–water partition coefficient (Wildman–Crippen LogP) is 1.96. The Kier molecular flexibility index (Phi) is 3.76. The summed E-state index contributed by atoms with van der Waals surface area (Å²) in [5.74, 6) is -0.969. The van der Waals surface area contributed by atoms with E-state index in [9.17, 15) is 13.6 Å². The number of pyridine rings is 1. The van der Waals surface area contributed by atoms with Gasteiger partial charge in [-0.25, -0.2) is 8.78 Å². The summed E-state index contributed by atoms with van der Waals surface area (Å²) in [6.07, 6.45) is -3.29. The van der Waals surface area contributed by atoms with Crippen LogP contribution < -0.4 is 4.74 Å². The molecule has 0 aliphatic rings. The lowest BCUT2D eigenvalue weighted by molar-refractivity contribution is -0.136. The molecular formula is C10H11F2NO3. The average Bonchev–Trinajstić information content (AvgIpc) is 2.16. The monoisotopic (exact) mass is 231 g/mol. The van der Waals surface area contributed by atoms with Gasteiger partial charge in [-0.05, 0) is 13.0 Å². The smallest absolute Gasteiger partial charge is 0.309 e. The first-order chi connectivity index (χ1) is 7.45. The van der Waals surface area contributed by atoms with Crippen LogP contribution in [0.3, 0.4) is 0 Å². The predicted molar refractivity (Wildman–Crippen MR) is 51.8 cm³/mol. The summed E-state index contributed by atoms with van der Waals surface area (Å²) in [5.41, 5.74) is -0.131. The van der Waals surface area contributed by atoms with Gasteiger partial charge in [0.1, 0.15) is 5.75 Å². The molecule has 88 valence electrons. The summed E-state index contributed by atoms with van der Waals surface area (Å²) >= 11 is 0. The molecule has 0 bridgehead atoms. The lowest BCUT2D eigenvalue weighted by atomic mass is 10.1. The average molecular weight is 231 g/mol. The van der Waals surface area contributed by atoms with Gasteiger partial charge in [0.25, 0.3) is 6.43 Å². The van der Waals surface area contributed by atoms with Gasteiger partial charge in [0.05, 0.1) is 24.9 Å². The maximum Gasteiger partial charge on any atom is 0.309 e. The molecule has 16 heavy (non-hydrogen) atoms. The first-order valence-corrected chi connectivity index (χ1v) is 4.50. The first kappa shape index (κ1) is 12.4. The molecule has 0 aliphatic carbocycles. The van der Waals surface area contributed by atoms with Gasteiger partial charge < -0.3 is 9.84 Å². The van der Waals surface area contributed by atoms with E-state index in [1.807, 2.05) is 0 Å².